The van der Waals surface area contributed by atoms with Gasteiger partial charge in [-0.05, 0) is 74.9 Å². The normalized spacial score (nSPS) is 22.1. The molecule has 3 aromatic rings. The average molecular weight is 498 g/mol. The highest BCUT2D eigenvalue weighted by Gasteiger charge is 2.47. The number of hydrogen-bond acceptors (Lipinski definition) is 6. The van der Waals surface area contributed by atoms with E-state index in [0.717, 1.165) is 49.2 Å². The van der Waals surface area contributed by atoms with Crippen molar-refractivity contribution < 1.29 is 22.7 Å². The van der Waals surface area contributed by atoms with Crippen LogP contribution in [0.3, 0.4) is 0 Å². The van der Waals surface area contributed by atoms with Crippen molar-refractivity contribution in [2.45, 2.75) is 44.4 Å². The molecule has 7 nitrogen and oxygen atoms in total. The molecule has 0 bridgehead atoms. The van der Waals surface area contributed by atoms with Gasteiger partial charge in [-0.2, -0.15) is 13.2 Å². The summed E-state index contributed by atoms with van der Waals surface area (Å²) < 4.78 is 44.8. The summed E-state index contributed by atoms with van der Waals surface area (Å²) in [4.78, 5) is 18.4. The Labute approximate surface area is 206 Å². The highest BCUT2D eigenvalue weighted by atomic mass is 19.4. The van der Waals surface area contributed by atoms with Crippen LogP contribution in [0.4, 0.5) is 29.5 Å². The predicted molar refractivity (Wildman–Crippen MR) is 128 cm³/mol. The van der Waals surface area contributed by atoms with Gasteiger partial charge < -0.3 is 10.1 Å². The maximum atomic E-state index is 13.0. The van der Waals surface area contributed by atoms with Crippen LogP contribution in [0.5, 0.6) is 0 Å². The zero-order valence-corrected chi connectivity index (χ0v) is 19.8. The van der Waals surface area contributed by atoms with Gasteiger partial charge in [0.15, 0.2) is 0 Å². The summed E-state index contributed by atoms with van der Waals surface area (Å²) in [5, 5.41) is 11.5. The summed E-state index contributed by atoms with van der Waals surface area (Å²) >= 11 is 0. The van der Waals surface area contributed by atoms with Gasteiger partial charge in [0, 0.05) is 24.0 Å². The van der Waals surface area contributed by atoms with Gasteiger partial charge >= 0.3 is 12.3 Å². The molecule has 5 rings (SSSR count). The molecule has 10 heteroatoms. The van der Waals surface area contributed by atoms with Crippen LogP contribution in [0.25, 0.3) is 11.3 Å². The van der Waals surface area contributed by atoms with E-state index >= 15 is 0 Å². The fourth-order valence-electron chi connectivity index (χ4n) is 4.87. The third kappa shape index (κ3) is 5.12. The van der Waals surface area contributed by atoms with E-state index in [0.29, 0.717) is 36.1 Å². The summed E-state index contributed by atoms with van der Waals surface area (Å²) in [5.74, 6) is 0.953. The van der Waals surface area contributed by atoms with Crippen molar-refractivity contribution in [3.05, 3.63) is 66.0 Å². The number of carbonyl (C=O) groups excluding carboxylic acids is 1. The summed E-state index contributed by atoms with van der Waals surface area (Å²) in [7, 11) is 0. The van der Waals surface area contributed by atoms with Crippen LogP contribution in [0.15, 0.2) is 54.7 Å². The highest BCUT2D eigenvalue weighted by molar-refractivity contribution is 5.90. The summed E-state index contributed by atoms with van der Waals surface area (Å²) in [5.41, 5.74) is 1.22. The summed E-state index contributed by atoms with van der Waals surface area (Å²) in [6.07, 6.45) is 0.348. The Kier molecular flexibility index (Phi) is 6.27. The van der Waals surface area contributed by atoms with Crippen LogP contribution in [-0.2, 0) is 10.9 Å². The van der Waals surface area contributed by atoms with Crippen LogP contribution < -0.4 is 10.2 Å². The van der Waals surface area contributed by atoms with Crippen LogP contribution in [0.2, 0.25) is 0 Å². The number of aromatic nitrogens is 3. The molecule has 1 N–H and O–H groups in total. The van der Waals surface area contributed by atoms with Crippen LogP contribution in [0.1, 0.15) is 36.9 Å². The summed E-state index contributed by atoms with van der Waals surface area (Å²) in [6, 6.07) is 12.1. The van der Waals surface area contributed by atoms with Gasteiger partial charge in [-0.3, -0.25) is 9.88 Å². The first-order valence-electron chi connectivity index (χ1n) is 11.9. The number of alkyl halides is 3. The molecule has 1 saturated carbocycles. The van der Waals surface area contributed by atoms with E-state index in [-0.39, 0.29) is 6.09 Å². The molecule has 1 aliphatic carbocycles. The van der Waals surface area contributed by atoms with E-state index in [2.05, 4.69) is 20.5 Å². The Morgan fingerprint density at radius 3 is 2.61 bits per heavy atom. The lowest BCUT2D eigenvalue weighted by atomic mass is 9.78. The van der Waals surface area contributed by atoms with Crippen molar-refractivity contribution in [2.24, 2.45) is 5.92 Å². The zero-order valence-electron chi connectivity index (χ0n) is 19.8. The van der Waals surface area contributed by atoms with Gasteiger partial charge in [0.1, 0.15) is 11.4 Å². The van der Waals surface area contributed by atoms with Crippen LogP contribution in [-0.4, -0.2) is 40.0 Å². The Hall–Kier alpha value is -3.69. The topological polar surface area (TPSA) is 80.2 Å². The van der Waals surface area contributed by atoms with E-state index in [1.165, 1.54) is 6.07 Å². The van der Waals surface area contributed by atoms with Crippen LogP contribution >= 0.6 is 0 Å². The van der Waals surface area contributed by atoms with Crippen molar-refractivity contribution >= 4 is 17.6 Å². The molecule has 1 spiro atoms. The monoisotopic (exact) mass is 497 g/mol. The van der Waals surface area contributed by atoms with Gasteiger partial charge in [-0.1, -0.05) is 12.1 Å². The maximum Gasteiger partial charge on any atom is 0.416 e. The van der Waals surface area contributed by atoms with Crippen molar-refractivity contribution in [3.63, 3.8) is 0 Å². The van der Waals surface area contributed by atoms with Gasteiger partial charge in [0.05, 0.1) is 23.5 Å². The second-order valence-corrected chi connectivity index (χ2v) is 9.50. The minimum atomic E-state index is -4.41. The van der Waals surface area contributed by atoms with Gasteiger partial charge in [0.25, 0.3) is 0 Å². The van der Waals surface area contributed by atoms with Crippen molar-refractivity contribution in [3.8, 4) is 11.3 Å². The van der Waals surface area contributed by atoms with E-state index in [4.69, 9.17) is 4.74 Å². The molecule has 2 aromatic heterocycles. The number of benzene rings is 1. The third-order valence-corrected chi connectivity index (χ3v) is 6.90. The molecular weight excluding hydrogens is 471 g/mol. The number of pyridine rings is 1. The zero-order chi connectivity index (χ0) is 25.3. The van der Waals surface area contributed by atoms with Crippen LogP contribution in [0, 0.1) is 12.8 Å². The first-order valence-corrected chi connectivity index (χ1v) is 11.9. The average Bonchev–Trinajstić information content (AvgIpc) is 3.19. The number of anilines is 2. The van der Waals surface area contributed by atoms with E-state index in [9.17, 15) is 18.0 Å². The molecule has 1 amide bonds. The van der Waals surface area contributed by atoms with Gasteiger partial charge in [-0.15, -0.1) is 10.2 Å². The quantitative estimate of drug-likeness (QED) is 0.475. The lowest BCUT2D eigenvalue weighted by Gasteiger charge is -2.35. The molecule has 188 valence electrons. The van der Waals surface area contributed by atoms with E-state index in [1.807, 2.05) is 19.1 Å². The van der Waals surface area contributed by atoms with E-state index < -0.39 is 17.3 Å². The SMILES string of the molecule is Cc1cc(N2CC3(CCC(CNc4ccc(-c5cccc(C(F)(F)F)c5)nn4)CC3)OC2=O)ccn1. The molecule has 0 atom stereocenters. The molecule has 3 heterocycles. The number of halogens is 3. The first-order chi connectivity index (χ1) is 17.2. The lowest BCUT2D eigenvalue weighted by Crippen LogP contribution is -2.39. The van der Waals surface area contributed by atoms with Crippen molar-refractivity contribution in [2.75, 3.05) is 23.3 Å². The predicted octanol–water partition coefficient (Wildman–Crippen LogP) is 5.86. The standard InChI is InChI=1S/C26H26F3N5O2/c1-17-13-21(9-12-30-17)34-16-25(36-24(34)35)10-7-18(8-11-25)15-31-23-6-5-22(32-33-23)19-3-2-4-20(14-19)26(27,28)29/h2-6,9,12-14,18H,7-8,10-11,15-16H2,1H3,(H,31,33). The van der Waals surface area contributed by atoms with Gasteiger partial charge in [-0.25, -0.2) is 4.79 Å². The Bertz CT molecular complexity index is 1240. The number of nitrogens with zero attached hydrogens (tertiary/aromatic N) is 4. The fourth-order valence-corrected chi connectivity index (χ4v) is 4.87. The summed E-state index contributed by atoms with van der Waals surface area (Å²) in [6.45, 7) is 3.12. The number of aryl methyl sites for hydroxylation is 1. The lowest BCUT2D eigenvalue weighted by molar-refractivity contribution is -0.137. The number of ether oxygens (including phenoxy) is 1. The third-order valence-electron chi connectivity index (χ3n) is 6.90. The number of rotatable bonds is 5. The molecular formula is C26H26F3N5O2. The minimum absolute atomic E-state index is 0.312. The van der Waals surface area contributed by atoms with Gasteiger partial charge in [0.2, 0.25) is 0 Å². The molecule has 0 unspecified atom stereocenters. The fraction of sp³-hybridized carbons (Fsp3) is 0.385. The molecule has 1 saturated heterocycles. The Balaban J connectivity index is 1.14. The highest BCUT2D eigenvalue weighted by Crippen LogP contribution is 2.41. The molecule has 2 fully saturated rings. The maximum absolute atomic E-state index is 13.0. The van der Waals surface area contributed by atoms with Crippen molar-refractivity contribution in [1.82, 2.24) is 15.2 Å². The number of amides is 1. The Morgan fingerprint density at radius 1 is 1.11 bits per heavy atom. The molecule has 1 aromatic carbocycles. The number of nitrogens with one attached hydrogen (secondary N) is 1. The number of carbonyl (C=O) groups is 1. The first kappa shape index (κ1) is 24.0. The molecule has 1 aliphatic heterocycles. The molecule has 0 radical (unpaired) electrons. The molecule has 2 aliphatic rings. The van der Waals surface area contributed by atoms with Crippen molar-refractivity contribution in [1.29, 1.82) is 0 Å². The largest absolute Gasteiger partial charge is 0.441 e. The Morgan fingerprint density at radius 2 is 1.92 bits per heavy atom. The molecule has 36 heavy (non-hydrogen) atoms. The minimum Gasteiger partial charge on any atom is -0.441 e. The number of hydrogen-bond donors (Lipinski definition) is 1. The second-order valence-electron chi connectivity index (χ2n) is 9.50. The van der Waals surface area contributed by atoms with E-state index in [1.54, 1.807) is 29.3 Å². The smallest absolute Gasteiger partial charge is 0.416 e. The second kappa shape index (κ2) is 9.40.